The van der Waals surface area contributed by atoms with E-state index < -0.39 is 9.84 Å². The fourth-order valence-electron chi connectivity index (χ4n) is 2.95. The van der Waals surface area contributed by atoms with Crippen LogP contribution < -0.4 is 5.32 Å². The molecule has 0 saturated carbocycles. The van der Waals surface area contributed by atoms with Crippen LogP contribution in [0.5, 0.6) is 0 Å². The van der Waals surface area contributed by atoms with Crippen molar-refractivity contribution in [1.29, 1.82) is 0 Å². The molecule has 2 heterocycles. The molecule has 0 aromatic rings. The summed E-state index contributed by atoms with van der Waals surface area (Å²) in [6.07, 6.45) is 1.94. The number of likely N-dealkylation sites (tertiary alicyclic amines) is 1. The zero-order valence-electron chi connectivity index (χ0n) is 12.9. The van der Waals surface area contributed by atoms with E-state index in [0.29, 0.717) is 23.5 Å². The number of nitrogens with one attached hydrogen (secondary N) is 1. The van der Waals surface area contributed by atoms with E-state index in [9.17, 15) is 8.42 Å². The van der Waals surface area contributed by atoms with E-state index in [1.54, 1.807) is 0 Å². The van der Waals surface area contributed by atoms with Crippen molar-refractivity contribution in [2.75, 3.05) is 37.7 Å². The van der Waals surface area contributed by atoms with Gasteiger partial charge in [-0.15, -0.1) is 0 Å². The van der Waals surface area contributed by atoms with Crippen molar-refractivity contribution >= 4 is 15.8 Å². The summed E-state index contributed by atoms with van der Waals surface area (Å²) in [5.41, 5.74) is 0.340. The summed E-state index contributed by atoms with van der Waals surface area (Å²) >= 11 is 0. The van der Waals surface area contributed by atoms with Crippen LogP contribution in [0, 0.1) is 11.3 Å². The highest BCUT2D eigenvalue weighted by Crippen LogP contribution is 2.28. The van der Waals surface area contributed by atoms with E-state index in [1.165, 1.54) is 6.42 Å². The van der Waals surface area contributed by atoms with Gasteiger partial charge in [0.25, 0.3) is 0 Å². The summed E-state index contributed by atoms with van der Waals surface area (Å²) in [7, 11) is -2.80. The van der Waals surface area contributed by atoms with Crippen molar-refractivity contribution in [1.82, 2.24) is 10.2 Å². The Morgan fingerprint density at radius 3 is 2.70 bits per heavy atom. The molecule has 1 unspecified atom stereocenters. The summed E-state index contributed by atoms with van der Waals surface area (Å²) in [6.45, 7) is 10.1. The molecule has 1 N–H and O–H groups in total. The minimum atomic E-state index is -2.80. The maximum absolute atomic E-state index is 11.5. The van der Waals surface area contributed by atoms with Crippen molar-refractivity contribution in [3.05, 3.63) is 0 Å². The fourth-order valence-corrected chi connectivity index (χ4v) is 4.80. The predicted octanol–water partition coefficient (Wildman–Crippen LogP) is 1.12. The molecule has 1 atom stereocenters. The topological polar surface area (TPSA) is 61.8 Å². The molecule has 0 radical (unpaired) electrons. The molecule has 0 amide bonds. The predicted molar refractivity (Wildman–Crippen MR) is 82.7 cm³/mol. The van der Waals surface area contributed by atoms with E-state index in [2.05, 4.69) is 36.0 Å². The molecule has 2 aliphatic rings. The lowest BCUT2D eigenvalue weighted by Crippen LogP contribution is -2.41. The molecule has 2 aliphatic heterocycles. The van der Waals surface area contributed by atoms with Gasteiger partial charge in [0.05, 0.1) is 11.5 Å². The molecule has 0 bridgehead atoms. The number of sulfone groups is 1. The largest absolute Gasteiger partial charge is 0.357 e. The Balaban J connectivity index is 1.96. The lowest BCUT2D eigenvalue weighted by Gasteiger charge is -2.24. The van der Waals surface area contributed by atoms with Gasteiger partial charge in [-0.2, -0.15) is 0 Å². The number of aliphatic imine (C=N–C) groups is 1. The maximum atomic E-state index is 11.5. The molecule has 2 fully saturated rings. The summed E-state index contributed by atoms with van der Waals surface area (Å²) in [5.74, 6) is 1.79. The van der Waals surface area contributed by atoms with Crippen LogP contribution in [0.1, 0.15) is 33.6 Å². The molecule has 116 valence electrons. The first-order valence-electron chi connectivity index (χ1n) is 7.55. The molecule has 0 aliphatic carbocycles. The average molecular weight is 301 g/mol. The monoisotopic (exact) mass is 301 g/mol. The standard InChI is InChI=1S/C14H27N3O2S/c1-4-15-13(17-7-6-14(2,3)11-17)16-9-12-5-8-20(18,19)10-12/h12H,4-11H2,1-3H3,(H,15,16). The summed E-state index contributed by atoms with van der Waals surface area (Å²) in [6, 6.07) is 0. The highest BCUT2D eigenvalue weighted by atomic mass is 32.2. The Hall–Kier alpha value is -0.780. The van der Waals surface area contributed by atoms with Crippen LogP contribution >= 0.6 is 0 Å². The second-order valence-electron chi connectivity index (χ2n) is 6.80. The number of hydrogen-bond acceptors (Lipinski definition) is 3. The van der Waals surface area contributed by atoms with Crippen molar-refractivity contribution in [3.63, 3.8) is 0 Å². The van der Waals surface area contributed by atoms with Crippen LogP contribution in [0.3, 0.4) is 0 Å². The smallest absolute Gasteiger partial charge is 0.193 e. The third-order valence-corrected chi connectivity index (χ3v) is 5.97. The van der Waals surface area contributed by atoms with Gasteiger partial charge < -0.3 is 10.2 Å². The van der Waals surface area contributed by atoms with Crippen LogP contribution in [0.25, 0.3) is 0 Å². The lowest BCUT2D eigenvalue weighted by molar-refractivity contribution is 0.369. The van der Waals surface area contributed by atoms with Crippen molar-refractivity contribution in [3.8, 4) is 0 Å². The highest BCUT2D eigenvalue weighted by molar-refractivity contribution is 7.91. The van der Waals surface area contributed by atoms with Gasteiger partial charge in [0.2, 0.25) is 0 Å². The molecule has 6 heteroatoms. The van der Waals surface area contributed by atoms with Crippen LogP contribution in [0.4, 0.5) is 0 Å². The second kappa shape index (κ2) is 5.92. The number of hydrogen-bond donors (Lipinski definition) is 1. The highest BCUT2D eigenvalue weighted by Gasteiger charge is 2.31. The number of guanidine groups is 1. The fraction of sp³-hybridized carbons (Fsp3) is 0.929. The molecule has 2 saturated heterocycles. The Labute approximate surface area is 122 Å². The average Bonchev–Trinajstić information content (AvgIpc) is 2.87. The molecule has 0 aromatic carbocycles. The lowest BCUT2D eigenvalue weighted by atomic mass is 9.93. The van der Waals surface area contributed by atoms with Gasteiger partial charge in [0.1, 0.15) is 0 Å². The Morgan fingerprint density at radius 1 is 1.45 bits per heavy atom. The van der Waals surface area contributed by atoms with Crippen LogP contribution in [0.2, 0.25) is 0 Å². The van der Waals surface area contributed by atoms with E-state index in [-0.39, 0.29) is 5.92 Å². The van der Waals surface area contributed by atoms with E-state index >= 15 is 0 Å². The molecular formula is C14H27N3O2S. The third kappa shape index (κ3) is 4.11. The first kappa shape index (κ1) is 15.6. The van der Waals surface area contributed by atoms with Gasteiger partial charge in [-0.3, -0.25) is 4.99 Å². The summed E-state index contributed by atoms with van der Waals surface area (Å²) < 4.78 is 23.0. The van der Waals surface area contributed by atoms with Gasteiger partial charge in [0.15, 0.2) is 15.8 Å². The van der Waals surface area contributed by atoms with Gasteiger partial charge in [0, 0.05) is 26.2 Å². The van der Waals surface area contributed by atoms with Crippen LogP contribution in [-0.2, 0) is 9.84 Å². The first-order valence-corrected chi connectivity index (χ1v) is 9.37. The van der Waals surface area contributed by atoms with E-state index in [4.69, 9.17) is 0 Å². The zero-order chi connectivity index (χ0) is 14.8. The quantitative estimate of drug-likeness (QED) is 0.627. The number of nitrogens with zero attached hydrogens (tertiary/aromatic N) is 2. The second-order valence-corrected chi connectivity index (χ2v) is 9.03. The van der Waals surface area contributed by atoms with E-state index in [1.807, 2.05) is 0 Å². The van der Waals surface area contributed by atoms with Crippen LogP contribution in [-0.4, -0.2) is 57.0 Å². The Bertz CT molecular complexity index is 471. The zero-order valence-corrected chi connectivity index (χ0v) is 13.7. The molecule has 5 nitrogen and oxygen atoms in total. The molecule has 20 heavy (non-hydrogen) atoms. The van der Waals surface area contributed by atoms with Crippen molar-refractivity contribution < 1.29 is 8.42 Å². The molecule has 2 rings (SSSR count). The molecule has 0 aromatic heterocycles. The van der Waals surface area contributed by atoms with Gasteiger partial charge in [-0.1, -0.05) is 13.8 Å². The third-order valence-electron chi connectivity index (χ3n) is 4.14. The summed E-state index contributed by atoms with van der Waals surface area (Å²) in [4.78, 5) is 6.97. The molecular weight excluding hydrogens is 274 g/mol. The molecule has 0 spiro atoms. The maximum Gasteiger partial charge on any atom is 0.193 e. The Kier molecular flexibility index (Phi) is 4.62. The van der Waals surface area contributed by atoms with Crippen LogP contribution in [0.15, 0.2) is 4.99 Å². The SMILES string of the molecule is CCNC(=NCC1CCS(=O)(=O)C1)N1CCC(C)(C)C1. The number of rotatable bonds is 3. The van der Waals surface area contributed by atoms with E-state index in [0.717, 1.165) is 32.0 Å². The Morgan fingerprint density at radius 2 is 2.20 bits per heavy atom. The van der Waals surface area contributed by atoms with Crippen molar-refractivity contribution in [2.24, 2.45) is 16.3 Å². The van der Waals surface area contributed by atoms with Gasteiger partial charge >= 0.3 is 0 Å². The summed E-state index contributed by atoms with van der Waals surface area (Å²) in [5, 5.41) is 3.33. The van der Waals surface area contributed by atoms with Gasteiger partial charge in [-0.05, 0) is 31.1 Å². The van der Waals surface area contributed by atoms with Crippen molar-refractivity contribution in [2.45, 2.75) is 33.6 Å². The minimum absolute atomic E-state index is 0.198. The normalized spacial score (nSPS) is 28.9. The minimum Gasteiger partial charge on any atom is -0.357 e. The first-order chi connectivity index (χ1) is 9.31. The van der Waals surface area contributed by atoms with Gasteiger partial charge in [-0.25, -0.2) is 8.42 Å².